The molecule has 4 rings (SSSR count). The van der Waals surface area contributed by atoms with Crippen molar-refractivity contribution in [3.05, 3.63) is 23.8 Å². The van der Waals surface area contributed by atoms with Crippen LogP contribution in [0.2, 0.25) is 0 Å². The zero-order valence-electron chi connectivity index (χ0n) is 28.4. The molecule has 0 radical (unpaired) electrons. The molecule has 0 aromatic carbocycles. The number of fused-ring (bicyclic) bond motifs is 1. The Morgan fingerprint density at radius 3 is 2.06 bits per heavy atom. The molecule has 0 saturated carbocycles. The zero-order valence-corrected chi connectivity index (χ0v) is 28.4. The van der Waals surface area contributed by atoms with E-state index >= 15 is 0 Å². The Labute approximate surface area is 274 Å². The van der Waals surface area contributed by atoms with Crippen LogP contribution in [0.15, 0.2) is 23.8 Å². The second kappa shape index (κ2) is 13.3. The van der Waals surface area contributed by atoms with Gasteiger partial charge < -0.3 is 38.6 Å². The molecule has 0 bridgehead atoms. The standard InChI is InChI=1S/C34H48O13/c1-9-10-11-12-13-14-24(38)46-26-25(39)18(2)17-23-34(33(8,47-34)30(40)45-23)29(44-21(5)37)27-31(6,28(26)43-20(4)36)16-15-22(32(27,7)41)42-19(3)35/h15-17,22-23,25-29,39,41H,9-14H2,1-8H3. The number of carbonyl (C=O) groups is 5. The molecule has 2 aliphatic carbocycles. The maximum Gasteiger partial charge on any atom is 0.342 e. The highest BCUT2D eigenvalue weighted by Crippen LogP contribution is 2.65. The minimum absolute atomic E-state index is 0.0380. The average molecular weight is 665 g/mol. The van der Waals surface area contributed by atoms with Crippen molar-refractivity contribution < 1.29 is 62.6 Å². The van der Waals surface area contributed by atoms with Crippen LogP contribution in [0.25, 0.3) is 0 Å². The lowest BCUT2D eigenvalue weighted by Crippen LogP contribution is -2.69. The fourth-order valence-corrected chi connectivity index (χ4v) is 7.73. The van der Waals surface area contributed by atoms with Gasteiger partial charge in [0.15, 0.2) is 29.5 Å². The van der Waals surface area contributed by atoms with Crippen LogP contribution in [0.1, 0.15) is 93.9 Å². The number of hydrogen-bond donors (Lipinski definition) is 2. The first kappa shape index (κ1) is 36.5. The first-order valence-electron chi connectivity index (χ1n) is 16.3. The lowest BCUT2D eigenvalue weighted by molar-refractivity contribution is -0.232. The maximum atomic E-state index is 13.3. The molecule has 0 aromatic rings. The molecule has 1 spiro atoms. The van der Waals surface area contributed by atoms with E-state index in [1.54, 1.807) is 6.92 Å². The molecular formula is C34H48O13. The molecule has 2 heterocycles. The van der Waals surface area contributed by atoms with Gasteiger partial charge >= 0.3 is 29.8 Å². The molecule has 2 N–H and O–H groups in total. The lowest BCUT2D eigenvalue weighted by atomic mass is 9.55. The second-order valence-corrected chi connectivity index (χ2v) is 13.7. The molecule has 13 nitrogen and oxygen atoms in total. The van der Waals surface area contributed by atoms with Gasteiger partial charge in [-0.1, -0.05) is 45.6 Å². The summed E-state index contributed by atoms with van der Waals surface area (Å²) in [4.78, 5) is 64.3. The van der Waals surface area contributed by atoms with Crippen LogP contribution in [0.4, 0.5) is 0 Å². The van der Waals surface area contributed by atoms with Crippen LogP contribution >= 0.6 is 0 Å². The minimum Gasteiger partial charge on any atom is -0.459 e. The van der Waals surface area contributed by atoms with Gasteiger partial charge in [0, 0.05) is 38.5 Å². The number of epoxide rings is 1. The summed E-state index contributed by atoms with van der Waals surface area (Å²) in [6, 6.07) is 0. The highest BCUT2D eigenvalue weighted by Gasteiger charge is 2.88. The highest BCUT2D eigenvalue weighted by atomic mass is 16.7. The molecule has 2 saturated heterocycles. The van der Waals surface area contributed by atoms with E-state index < -0.39 is 94.6 Å². The van der Waals surface area contributed by atoms with Crippen molar-refractivity contribution in [1.82, 2.24) is 0 Å². The van der Waals surface area contributed by atoms with E-state index in [1.165, 1.54) is 39.0 Å². The molecular weight excluding hydrogens is 616 g/mol. The summed E-state index contributed by atoms with van der Waals surface area (Å²) in [5.74, 6) is -5.08. The smallest absolute Gasteiger partial charge is 0.342 e. The van der Waals surface area contributed by atoms with E-state index in [0.717, 1.165) is 46.5 Å². The Balaban J connectivity index is 1.96. The van der Waals surface area contributed by atoms with Gasteiger partial charge in [-0.05, 0) is 44.9 Å². The summed E-state index contributed by atoms with van der Waals surface area (Å²) in [7, 11) is 0. The molecule has 2 aliphatic heterocycles. The number of ether oxygens (including phenoxy) is 6. The van der Waals surface area contributed by atoms with Gasteiger partial charge in [-0.3, -0.25) is 19.2 Å². The monoisotopic (exact) mass is 664 g/mol. The predicted octanol–water partition coefficient (Wildman–Crippen LogP) is 2.77. The van der Waals surface area contributed by atoms with Crippen molar-refractivity contribution in [3.63, 3.8) is 0 Å². The molecule has 11 unspecified atom stereocenters. The van der Waals surface area contributed by atoms with E-state index in [9.17, 15) is 34.2 Å². The number of aliphatic hydroxyl groups is 2. The van der Waals surface area contributed by atoms with E-state index in [-0.39, 0.29) is 12.0 Å². The van der Waals surface area contributed by atoms with Gasteiger partial charge in [0.25, 0.3) is 0 Å². The largest absolute Gasteiger partial charge is 0.459 e. The molecule has 13 heteroatoms. The third-order valence-electron chi connectivity index (χ3n) is 10.1. The molecule has 0 aromatic heterocycles. The van der Waals surface area contributed by atoms with Gasteiger partial charge in [0.1, 0.15) is 23.9 Å². The van der Waals surface area contributed by atoms with Gasteiger partial charge in [-0.15, -0.1) is 0 Å². The summed E-state index contributed by atoms with van der Waals surface area (Å²) in [5, 5.41) is 24.2. The van der Waals surface area contributed by atoms with Crippen molar-refractivity contribution in [3.8, 4) is 0 Å². The zero-order chi connectivity index (χ0) is 35.1. The van der Waals surface area contributed by atoms with Gasteiger partial charge in [0.05, 0.1) is 0 Å². The topological polar surface area (TPSA) is 184 Å². The fraction of sp³-hybridized carbons (Fsp3) is 0.735. The summed E-state index contributed by atoms with van der Waals surface area (Å²) in [5.41, 5.74) is -6.86. The van der Waals surface area contributed by atoms with Crippen LogP contribution < -0.4 is 0 Å². The van der Waals surface area contributed by atoms with E-state index in [2.05, 4.69) is 6.92 Å². The number of rotatable bonds is 10. The van der Waals surface area contributed by atoms with E-state index in [1.807, 2.05) is 0 Å². The highest BCUT2D eigenvalue weighted by molar-refractivity contribution is 5.89. The van der Waals surface area contributed by atoms with Gasteiger partial charge in [-0.25, -0.2) is 4.79 Å². The van der Waals surface area contributed by atoms with E-state index in [4.69, 9.17) is 28.4 Å². The van der Waals surface area contributed by atoms with Crippen molar-refractivity contribution in [2.24, 2.45) is 11.3 Å². The number of unbranched alkanes of at least 4 members (excludes halogenated alkanes) is 4. The molecule has 47 heavy (non-hydrogen) atoms. The Kier molecular flexibility index (Phi) is 10.4. The Morgan fingerprint density at radius 2 is 1.49 bits per heavy atom. The molecule has 2 fully saturated rings. The van der Waals surface area contributed by atoms with Crippen LogP contribution in [0.5, 0.6) is 0 Å². The summed E-state index contributed by atoms with van der Waals surface area (Å²) >= 11 is 0. The van der Waals surface area contributed by atoms with Crippen molar-refractivity contribution in [1.29, 1.82) is 0 Å². The van der Waals surface area contributed by atoms with Crippen molar-refractivity contribution in [2.75, 3.05) is 0 Å². The molecule has 0 amide bonds. The number of esters is 5. The quantitative estimate of drug-likeness (QED) is 0.114. The Morgan fingerprint density at radius 1 is 0.894 bits per heavy atom. The molecule has 262 valence electrons. The van der Waals surface area contributed by atoms with Crippen molar-refractivity contribution >= 4 is 29.8 Å². The predicted molar refractivity (Wildman–Crippen MR) is 163 cm³/mol. The van der Waals surface area contributed by atoms with Crippen LogP contribution in [-0.4, -0.2) is 93.5 Å². The molecule has 4 aliphatic rings. The van der Waals surface area contributed by atoms with Crippen LogP contribution in [0, 0.1) is 11.3 Å². The number of carbonyl (C=O) groups excluding carboxylic acids is 5. The number of hydrogen-bond acceptors (Lipinski definition) is 13. The normalized spacial score (nSPS) is 40.4. The average Bonchev–Trinajstić information content (AvgIpc) is 3.55. The maximum absolute atomic E-state index is 13.3. The number of aliphatic hydroxyl groups excluding tert-OH is 1. The third kappa shape index (κ3) is 6.46. The lowest BCUT2D eigenvalue weighted by Gasteiger charge is -2.56. The van der Waals surface area contributed by atoms with Crippen LogP contribution in [0.3, 0.4) is 0 Å². The fourth-order valence-electron chi connectivity index (χ4n) is 7.73. The van der Waals surface area contributed by atoms with Crippen LogP contribution in [-0.2, 0) is 52.4 Å². The SMILES string of the molecule is CCCCCCCC(=O)OC1C(O)C(C)=CC2OC(=O)C3(C)OC23C(OC(C)=O)C2C(C)(O)C(OC(C)=O)C=CC2(C)C1OC(C)=O. The minimum atomic E-state index is -2.10. The van der Waals surface area contributed by atoms with Gasteiger partial charge in [0.2, 0.25) is 0 Å². The molecule has 11 atom stereocenters. The summed E-state index contributed by atoms with van der Waals surface area (Å²) < 4.78 is 35.2. The summed E-state index contributed by atoms with van der Waals surface area (Å²) in [6.07, 6.45) is 0.0827. The van der Waals surface area contributed by atoms with Crippen molar-refractivity contribution in [2.45, 2.75) is 147 Å². The second-order valence-electron chi connectivity index (χ2n) is 13.7. The Hall–Kier alpha value is -3.29. The van der Waals surface area contributed by atoms with Gasteiger partial charge in [-0.2, -0.15) is 0 Å². The van der Waals surface area contributed by atoms with E-state index in [0.29, 0.717) is 6.42 Å². The first-order chi connectivity index (χ1) is 21.9. The Bertz CT molecular complexity index is 1330. The third-order valence-corrected chi connectivity index (χ3v) is 10.1. The summed E-state index contributed by atoms with van der Waals surface area (Å²) in [6.45, 7) is 11.5. The first-order valence-corrected chi connectivity index (χ1v) is 16.3.